The van der Waals surface area contributed by atoms with E-state index in [-0.39, 0.29) is 12.3 Å². The molecular weight excluding hydrogens is 454 g/mol. The number of para-hydroxylation sites is 1. The zero-order chi connectivity index (χ0) is 24.7. The number of methoxy groups -OCH3 is 1. The van der Waals surface area contributed by atoms with Gasteiger partial charge >= 0.3 is 0 Å². The Morgan fingerprint density at radius 2 is 1.83 bits per heavy atom. The molecule has 0 saturated heterocycles. The number of hydrogen-bond acceptors (Lipinski definition) is 7. The van der Waals surface area contributed by atoms with Crippen LogP contribution in [0.2, 0.25) is 0 Å². The molecular formula is C27H25N7O2. The first-order valence-electron chi connectivity index (χ1n) is 11.6. The van der Waals surface area contributed by atoms with Crippen LogP contribution in [0.5, 0.6) is 5.75 Å². The highest BCUT2D eigenvalue weighted by atomic mass is 16.5. The maximum atomic E-state index is 12.7. The second-order valence-corrected chi connectivity index (χ2v) is 8.16. The van der Waals surface area contributed by atoms with Gasteiger partial charge in [-0.1, -0.05) is 30.3 Å². The molecule has 9 heteroatoms. The minimum Gasteiger partial charge on any atom is -0.497 e. The molecule has 5 aromatic rings. The summed E-state index contributed by atoms with van der Waals surface area (Å²) in [6.45, 7) is 0.565. The normalized spacial score (nSPS) is 10.8. The summed E-state index contributed by atoms with van der Waals surface area (Å²) in [4.78, 5) is 20.9. The van der Waals surface area contributed by atoms with E-state index in [1.54, 1.807) is 25.7 Å². The summed E-state index contributed by atoms with van der Waals surface area (Å²) in [5, 5.41) is 15.8. The molecule has 0 unspecified atom stereocenters. The van der Waals surface area contributed by atoms with Gasteiger partial charge in [-0.15, -0.1) is 10.2 Å². The molecule has 5 rings (SSSR count). The molecule has 9 nitrogen and oxygen atoms in total. The average Bonchev–Trinajstić information content (AvgIpc) is 3.28. The van der Waals surface area contributed by atoms with Gasteiger partial charge in [0, 0.05) is 30.5 Å². The van der Waals surface area contributed by atoms with E-state index in [0.717, 1.165) is 34.2 Å². The molecule has 0 aliphatic rings. The van der Waals surface area contributed by atoms with Crippen LogP contribution in [0.3, 0.4) is 0 Å². The number of carbonyl (C=O) groups is 1. The van der Waals surface area contributed by atoms with Crippen molar-refractivity contribution in [2.24, 2.45) is 0 Å². The number of nitrogens with zero attached hydrogens (tertiary/aromatic N) is 5. The van der Waals surface area contributed by atoms with Gasteiger partial charge in [0.25, 0.3) is 0 Å². The van der Waals surface area contributed by atoms with Crippen molar-refractivity contribution in [1.82, 2.24) is 30.0 Å². The predicted octanol–water partition coefficient (Wildman–Crippen LogP) is 3.86. The summed E-state index contributed by atoms with van der Waals surface area (Å²) in [6, 6.07) is 19.5. The van der Waals surface area contributed by atoms with Gasteiger partial charge in [0.05, 0.1) is 25.2 Å². The molecule has 0 atom stereocenters. The van der Waals surface area contributed by atoms with Gasteiger partial charge in [0.1, 0.15) is 11.6 Å². The first kappa shape index (κ1) is 23.0. The van der Waals surface area contributed by atoms with Gasteiger partial charge < -0.3 is 15.4 Å². The van der Waals surface area contributed by atoms with Crippen LogP contribution in [0, 0.1) is 0 Å². The quantitative estimate of drug-likeness (QED) is 0.331. The minimum atomic E-state index is -0.0268. The van der Waals surface area contributed by atoms with E-state index >= 15 is 0 Å². The van der Waals surface area contributed by atoms with Crippen LogP contribution in [0.4, 0.5) is 11.6 Å². The van der Waals surface area contributed by atoms with Gasteiger partial charge in [0.2, 0.25) is 5.91 Å². The zero-order valence-corrected chi connectivity index (χ0v) is 19.8. The minimum absolute atomic E-state index is 0.0268. The van der Waals surface area contributed by atoms with Crippen LogP contribution in [-0.2, 0) is 17.6 Å². The number of carbonyl (C=O) groups excluding carboxylic acids is 1. The lowest BCUT2D eigenvalue weighted by Gasteiger charge is -2.06. The van der Waals surface area contributed by atoms with Gasteiger partial charge in [-0.3, -0.25) is 14.3 Å². The molecule has 0 aliphatic carbocycles. The van der Waals surface area contributed by atoms with Crippen LogP contribution in [0.1, 0.15) is 11.1 Å². The summed E-state index contributed by atoms with van der Waals surface area (Å²) in [5.74, 6) is 2.60. The Kier molecular flexibility index (Phi) is 6.79. The Morgan fingerprint density at radius 1 is 0.972 bits per heavy atom. The fourth-order valence-corrected chi connectivity index (χ4v) is 3.97. The number of amides is 1. The van der Waals surface area contributed by atoms with E-state index in [9.17, 15) is 4.79 Å². The Bertz CT molecular complexity index is 1450. The SMILES string of the molecule is COc1ccc(CCNC(=O)Cc2cn(-c3ccc(Nc4cnccn4)nn3)c3ccccc23)cc1. The fourth-order valence-electron chi connectivity index (χ4n) is 3.97. The van der Waals surface area contributed by atoms with Crippen LogP contribution >= 0.6 is 0 Å². The summed E-state index contributed by atoms with van der Waals surface area (Å²) >= 11 is 0. The van der Waals surface area contributed by atoms with Crippen molar-refractivity contribution in [2.45, 2.75) is 12.8 Å². The summed E-state index contributed by atoms with van der Waals surface area (Å²) in [7, 11) is 1.65. The highest BCUT2D eigenvalue weighted by Gasteiger charge is 2.14. The molecule has 3 aromatic heterocycles. The lowest BCUT2D eigenvalue weighted by molar-refractivity contribution is -0.120. The second kappa shape index (κ2) is 10.6. The van der Waals surface area contributed by atoms with Gasteiger partial charge in [-0.05, 0) is 47.9 Å². The molecule has 36 heavy (non-hydrogen) atoms. The second-order valence-electron chi connectivity index (χ2n) is 8.16. The Balaban J connectivity index is 1.27. The molecule has 2 N–H and O–H groups in total. The monoisotopic (exact) mass is 479 g/mol. The Morgan fingerprint density at radius 3 is 2.58 bits per heavy atom. The standard InChI is InChI=1S/C27H25N7O2/c1-36-21-8-6-19(7-9-21)12-13-30-27(35)16-20-18-34(23-5-3-2-4-22(20)23)26-11-10-24(32-33-26)31-25-17-28-14-15-29-25/h2-11,14-15,17-18H,12-13,16H2,1H3,(H,30,35)(H,29,31,32). The van der Waals surface area contributed by atoms with Crippen LogP contribution in [0.15, 0.2) is 85.5 Å². The molecule has 0 bridgehead atoms. The van der Waals surface area contributed by atoms with E-state index in [1.165, 1.54) is 0 Å². The first-order valence-corrected chi connectivity index (χ1v) is 11.6. The van der Waals surface area contributed by atoms with Crippen LogP contribution < -0.4 is 15.4 Å². The van der Waals surface area contributed by atoms with Crippen molar-refractivity contribution in [2.75, 3.05) is 19.0 Å². The summed E-state index contributed by atoms with van der Waals surface area (Å²) < 4.78 is 7.14. The zero-order valence-electron chi connectivity index (χ0n) is 19.8. The molecule has 3 heterocycles. The molecule has 0 fully saturated rings. The van der Waals surface area contributed by atoms with Crippen molar-refractivity contribution in [3.05, 3.63) is 96.6 Å². The topological polar surface area (TPSA) is 107 Å². The average molecular weight is 480 g/mol. The molecule has 0 aliphatic heterocycles. The van der Waals surface area contributed by atoms with Crippen molar-refractivity contribution in [3.63, 3.8) is 0 Å². The molecule has 0 radical (unpaired) electrons. The largest absolute Gasteiger partial charge is 0.497 e. The number of benzene rings is 2. The number of anilines is 2. The van der Waals surface area contributed by atoms with Gasteiger partial charge in [-0.25, -0.2) is 4.98 Å². The number of nitrogens with one attached hydrogen (secondary N) is 2. The van der Waals surface area contributed by atoms with E-state index in [1.807, 2.05) is 71.4 Å². The molecule has 1 amide bonds. The molecule has 180 valence electrons. The molecule has 0 spiro atoms. The van der Waals surface area contributed by atoms with Crippen molar-refractivity contribution in [3.8, 4) is 11.6 Å². The van der Waals surface area contributed by atoms with Crippen molar-refractivity contribution < 1.29 is 9.53 Å². The molecule has 0 saturated carbocycles. The molecule has 2 aromatic carbocycles. The number of aromatic nitrogens is 5. The van der Waals surface area contributed by atoms with Crippen molar-refractivity contribution in [1.29, 1.82) is 0 Å². The third kappa shape index (κ3) is 5.30. The Labute approximate surface area is 208 Å². The highest BCUT2D eigenvalue weighted by molar-refractivity contribution is 5.90. The van der Waals surface area contributed by atoms with Gasteiger partial charge in [-0.2, -0.15) is 0 Å². The summed E-state index contributed by atoms with van der Waals surface area (Å²) in [6.07, 6.45) is 7.80. The third-order valence-electron chi connectivity index (χ3n) is 5.76. The number of hydrogen-bond donors (Lipinski definition) is 2. The van der Waals surface area contributed by atoms with E-state index in [2.05, 4.69) is 30.8 Å². The first-order chi connectivity index (χ1) is 17.7. The van der Waals surface area contributed by atoms with E-state index in [0.29, 0.717) is 24.0 Å². The van der Waals surface area contributed by atoms with Crippen LogP contribution in [-0.4, -0.2) is 44.3 Å². The third-order valence-corrected chi connectivity index (χ3v) is 5.76. The smallest absolute Gasteiger partial charge is 0.224 e. The van der Waals surface area contributed by atoms with E-state index in [4.69, 9.17) is 4.74 Å². The maximum Gasteiger partial charge on any atom is 0.224 e. The van der Waals surface area contributed by atoms with Crippen LogP contribution in [0.25, 0.3) is 16.7 Å². The number of fused-ring (bicyclic) bond motifs is 1. The number of rotatable bonds is 9. The predicted molar refractivity (Wildman–Crippen MR) is 138 cm³/mol. The number of ether oxygens (including phenoxy) is 1. The maximum absolute atomic E-state index is 12.7. The fraction of sp³-hybridized carbons (Fsp3) is 0.148. The van der Waals surface area contributed by atoms with Gasteiger partial charge in [0.15, 0.2) is 11.6 Å². The Hall–Kier alpha value is -4.79. The highest BCUT2D eigenvalue weighted by Crippen LogP contribution is 2.25. The van der Waals surface area contributed by atoms with Crippen molar-refractivity contribution >= 4 is 28.4 Å². The summed E-state index contributed by atoms with van der Waals surface area (Å²) in [5.41, 5.74) is 3.03. The van der Waals surface area contributed by atoms with E-state index < -0.39 is 0 Å². The lowest BCUT2D eigenvalue weighted by atomic mass is 10.1. The lowest BCUT2D eigenvalue weighted by Crippen LogP contribution is -2.27.